The Kier molecular flexibility index (Phi) is 6.10. The van der Waals surface area contributed by atoms with Crippen molar-refractivity contribution in [3.8, 4) is 0 Å². The van der Waals surface area contributed by atoms with Gasteiger partial charge in [0.15, 0.2) is 0 Å². The van der Waals surface area contributed by atoms with Gasteiger partial charge in [-0.3, -0.25) is 0 Å². The molecule has 20 heavy (non-hydrogen) atoms. The summed E-state index contributed by atoms with van der Waals surface area (Å²) in [7, 11) is 0. The summed E-state index contributed by atoms with van der Waals surface area (Å²) in [5.74, 6) is 0.372. The van der Waals surface area contributed by atoms with E-state index in [1.54, 1.807) is 4.90 Å². The van der Waals surface area contributed by atoms with Crippen LogP contribution in [0.4, 0.5) is 4.79 Å². The molecule has 5 nitrogen and oxygen atoms in total. The molecule has 0 aromatic rings. The fourth-order valence-corrected chi connectivity index (χ4v) is 3.51. The number of ether oxygens (including phenoxy) is 1. The van der Waals surface area contributed by atoms with Gasteiger partial charge in [0, 0.05) is 31.8 Å². The smallest absolute Gasteiger partial charge is 0.409 e. The Morgan fingerprint density at radius 2 is 2.05 bits per heavy atom. The van der Waals surface area contributed by atoms with Gasteiger partial charge in [0.1, 0.15) is 0 Å². The maximum Gasteiger partial charge on any atom is 0.409 e. The van der Waals surface area contributed by atoms with Crippen molar-refractivity contribution in [2.45, 2.75) is 57.5 Å². The van der Waals surface area contributed by atoms with Crippen molar-refractivity contribution < 1.29 is 14.6 Å². The Morgan fingerprint density at radius 3 is 2.70 bits per heavy atom. The van der Waals surface area contributed by atoms with Gasteiger partial charge in [-0.25, -0.2) is 4.79 Å². The molecule has 2 aliphatic rings. The Hall–Kier alpha value is -0.810. The van der Waals surface area contributed by atoms with E-state index in [0.717, 1.165) is 19.4 Å². The van der Waals surface area contributed by atoms with Crippen LogP contribution >= 0.6 is 0 Å². The third-order valence-electron chi connectivity index (χ3n) is 4.43. The second-order valence-corrected chi connectivity index (χ2v) is 6.06. The van der Waals surface area contributed by atoms with Crippen LogP contribution in [0.5, 0.6) is 0 Å². The SMILES string of the molecule is CCOC(=O)N1CC(CCO)CC(NC2CCCC2)C1. The molecular weight excluding hydrogens is 256 g/mol. The Morgan fingerprint density at radius 1 is 1.30 bits per heavy atom. The number of nitrogens with zero attached hydrogens (tertiary/aromatic N) is 1. The van der Waals surface area contributed by atoms with Crippen LogP contribution in [0.25, 0.3) is 0 Å². The van der Waals surface area contributed by atoms with Crippen molar-refractivity contribution in [3.05, 3.63) is 0 Å². The number of carbonyl (C=O) groups excluding carboxylic acids is 1. The molecule has 2 fully saturated rings. The number of aliphatic hydroxyl groups is 1. The van der Waals surface area contributed by atoms with E-state index in [4.69, 9.17) is 9.84 Å². The Balaban J connectivity index is 1.90. The highest BCUT2D eigenvalue weighted by Crippen LogP contribution is 2.24. The molecule has 0 bridgehead atoms. The maximum absolute atomic E-state index is 11.9. The molecule has 1 aliphatic carbocycles. The van der Waals surface area contributed by atoms with E-state index >= 15 is 0 Å². The van der Waals surface area contributed by atoms with Crippen LogP contribution < -0.4 is 5.32 Å². The molecule has 0 spiro atoms. The molecule has 0 aromatic carbocycles. The molecule has 1 aliphatic heterocycles. The first-order valence-corrected chi connectivity index (χ1v) is 8.01. The fourth-order valence-electron chi connectivity index (χ4n) is 3.51. The summed E-state index contributed by atoms with van der Waals surface area (Å²) in [5.41, 5.74) is 0. The minimum Gasteiger partial charge on any atom is -0.450 e. The molecule has 116 valence electrons. The van der Waals surface area contributed by atoms with Crippen molar-refractivity contribution in [1.29, 1.82) is 0 Å². The van der Waals surface area contributed by atoms with Crippen molar-refractivity contribution in [1.82, 2.24) is 10.2 Å². The summed E-state index contributed by atoms with van der Waals surface area (Å²) in [6.45, 7) is 3.89. The van der Waals surface area contributed by atoms with Crippen molar-refractivity contribution in [3.63, 3.8) is 0 Å². The van der Waals surface area contributed by atoms with Gasteiger partial charge >= 0.3 is 6.09 Å². The number of nitrogens with one attached hydrogen (secondary N) is 1. The third-order valence-corrected chi connectivity index (χ3v) is 4.43. The van der Waals surface area contributed by atoms with Crippen LogP contribution in [0.15, 0.2) is 0 Å². The van der Waals surface area contributed by atoms with Gasteiger partial charge in [0.2, 0.25) is 0 Å². The van der Waals surface area contributed by atoms with Crippen LogP contribution in [0.2, 0.25) is 0 Å². The maximum atomic E-state index is 11.9. The molecule has 5 heteroatoms. The van der Waals surface area contributed by atoms with E-state index in [9.17, 15) is 4.79 Å². The van der Waals surface area contributed by atoms with Gasteiger partial charge in [-0.15, -0.1) is 0 Å². The first kappa shape index (κ1) is 15.6. The quantitative estimate of drug-likeness (QED) is 0.807. The van der Waals surface area contributed by atoms with Crippen LogP contribution in [0.3, 0.4) is 0 Å². The van der Waals surface area contributed by atoms with Crippen LogP contribution in [0, 0.1) is 5.92 Å². The number of amides is 1. The van der Waals surface area contributed by atoms with E-state index in [1.807, 2.05) is 6.92 Å². The van der Waals surface area contributed by atoms with Crippen molar-refractivity contribution in [2.75, 3.05) is 26.3 Å². The number of likely N-dealkylation sites (tertiary alicyclic amines) is 1. The van der Waals surface area contributed by atoms with Gasteiger partial charge in [0.25, 0.3) is 0 Å². The van der Waals surface area contributed by atoms with Gasteiger partial charge in [0.05, 0.1) is 6.61 Å². The predicted octanol–water partition coefficient (Wildman–Crippen LogP) is 1.75. The average Bonchev–Trinajstić information content (AvgIpc) is 2.92. The normalized spacial score (nSPS) is 27.8. The molecule has 1 saturated carbocycles. The highest BCUT2D eigenvalue weighted by atomic mass is 16.6. The number of carbonyl (C=O) groups is 1. The number of hydrogen-bond acceptors (Lipinski definition) is 4. The first-order chi connectivity index (χ1) is 9.72. The second kappa shape index (κ2) is 7.84. The molecule has 2 N–H and O–H groups in total. The molecule has 2 rings (SSSR count). The third kappa shape index (κ3) is 4.35. The minimum absolute atomic E-state index is 0.192. The lowest BCUT2D eigenvalue weighted by Crippen LogP contribution is -2.53. The summed E-state index contributed by atoms with van der Waals surface area (Å²) in [6, 6.07) is 0.949. The monoisotopic (exact) mass is 284 g/mol. The minimum atomic E-state index is -0.214. The van der Waals surface area contributed by atoms with Gasteiger partial charge in [-0.2, -0.15) is 0 Å². The number of hydrogen-bond donors (Lipinski definition) is 2. The predicted molar refractivity (Wildman–Crippen MR) is 77.6 cm³/mol. The summed E-state index contributed by atoms with van der Waals surface area (Å²) in [4.78, 5) is 13.7. The zero-order chi connectivity index (χ0) is 14.4. The van der Waals surface area contributed by atoms with E-state index in [0.29, 0.717) is 31.2 Å². The zero-order valence-corrected chi connectivity index (χ0v) is 12.5. The highest BCUT2D eigenvalue weighted by molar-refractivity contribution is 5.67. The molecular formula is C15H28N2O3. The van der Waals surface area contributed by atoms with Crippen LogP contribution in [-0.2, 0) is 4.74 Å². The lowest BCUT2D eigenvalue weighted by atomic mass is 9.91. The van der Waals surface area contributed by atoms with E-state index in [1.165, 1.54) is 25.7 Å². The molecule has 2 unspecified atom stereocenters. The molecule has 0 aromatic heterocycles. The fraction of sp³-hybridized carbons (Fsp3) is 0.933. The van der Waals surface area contributed by atoms with Crippen LogP contribution in [0.1, 0.15) is 45.4 Å². The molecule has 2 atom stereocenters. The van der Waals surface area contributed by atoms with Gasteiger partial charge in [-0.05, 0) is 38.5 Å². The molecule has 1 saturated heterocycles. The van der Waals surface area contributed by atoms with Crippen LogP contribution in [-0.4, -0.2) is 54.5 Å². The number of piperidine rings is 1. The van der Waals surface area contributed by atoms with Crippen molar-refractivity contribution in [2.24, 2.45) is 5.92 Å². The Labute approximate surface area is 121 Å². The topological polar surface area (TPSA) is 61.8 Å². The summed E-state index contributed by atoms with van der Waals surface area (Å²) in [5, 5.41) is 12.9. The second-order valence-electron chi connectivity index (χ2n) is 6.06. The van der Waals surface area contributed by atoms with Gasteiger partial charge < -0.3 is 20.1 Å². The Bertz CT molecular complexity index is 305. The summed E-state index contributed by atoms with van der Waals surface area (Å²) in [6.07, 6.45) is 6.72. The van der Waals surface area contributed by atoms with E-state index in [2.05, 4.69) is 5.32 Å². The van der Waals surface area contributed by atoms with Crippen molar-refractivity contribution >= 4 is 6.09 Å². The van der Waals surface area contributed by atoms with E-state index < -0.39 is 0 Å². The summed E-state index contributed by atoms with van der Waals surface area (Å²) >= 11 is 0. The van der Waals surface area contributed by atoms with E-state index in [-0.39, 0.29) is 12.7 Å². The lowest BCUT2D eigenvalue weighted by molar-refractivity contribution is 0.0717. The standard InChI is InChI=1S/C15H28N2O3/c1-2-20-15(19)17-10-12(7-8-18)9-14(11-17)16-13-5-3-4-6-13/h12-14,16,18H,2-11H2,1H3. The lowest BCUT2D eigenvalue weighted by Gasteiger charge is -2.38. The first-order valence-electron chi connectivity index (χ1n) is 8.01. The molecule has 1 heterocycles. The molecule has 1 amide bonds. The highest BCUT2D eigenvalue weighted by Gasteiger charge is 2.31. The zero-order valence-electron chi connectivity index (χ0n) is 12.5. The largest absolute Gasteiger partial charge is 0.450 e. The average molecular weight is 284 g/mol. The molecule has 0 radical (unpaired) electrons. The number of aliphatic hydroxyl groups excluding tert-OH is 1. The number of rotatable bonds is 5. The summed E-state index contributed by atoms with van der Waals surface area (Å²) < 4.78 is 5.12. The van der Waals surface area contributed by atoms with Gasteiger partial charge in [-0.1, -0.05) is 12.8 Å².